The van der Waals surface area contributed by atoms with Crippen LogP contribution >= 0.6 is 11.3 Å². The largest absolute Gasteiger partial charge is 0.297 e. The molecule has 1 fully saturated rings. The lowest BCUT2D eigenvalue weighted by Crippen LogP contribution is -2.34. The number of anilines is 1. The van der Waals surface area contributed by atoms with Gasteiger partial charge in [0.25, 0.3) is 5.91 Å². The number of nitrogens with zero attached hydrogens (tertiary/aromatic N) is 4. The van der Waals surface area contributed by atoms with Crippen LogP contribution in [0.25, 0.3) is 0 Å². The topological polar surface area (TPSA) is 86.8 Å². The summed E-state index contributed by atoms with van der Waals surface area (Å²) in [5.41, 5.74) is 2.53. The number of likely N-dealkylation sites (tertiary alicyclic amines) is 1. The van der Waals surface area contributed by atoms with E-state index in [0.29, 0.717) is 16.7 Å². The first-order valence-corrected chi connectivity index (χ1v) is 9.54. The van der Waals surface area contributed by atoms with E-state index in [2.05, 4.69) is 30.4 Å². The zero-order chi connectivity index (χ0) is 17.8. The second-order valence-electron chi connectivity index (χ2n) is 6.40. The van der Waals surface area contributed by atoms with Crippen LogP contribution in [0.3, 0.4) is 0 Å². The molecule has 0 spiro atoms. The predicted molar refractivity (Wildman–Crippen MR) is 100 cm³/mol. The smallest absolute Gasteiger partial charge is 0.276 e. The number of rotatable bonds is 5. The molecule has 1 saturated heterocycles. The van der Waals surface area contributed by atoms with Gasteiger partial charge in [-0.15, -0.1) is 11.3 Å². The summed E-state index contributed by atoms with van der Waals surface area (Å²) in [6, 6.07) is 7.68. The summed E-state index contributed by atoms with van der Waals surface area (Å²) >= 11 is 1.39. The molecule has 0 aliphatic carbocycles. The molecule has 8 heteroatoms. The molecule has 134 valence electrons. The van der Waals surface area contributed by atoms with Crippen LogP contribution in [0.15, 0.2) is 42.0 Å². The Balaban J connectivity index is 1.44. The first-order chi connectivity index (χ1) is 12.8. The fourth-order valence-electron chi connectivity index (χ4n) is 3.31. The van der Waals surface area contributed by atoms with Crippen LogP contribution < -0.4 is 5.32 Å². The molecule has 4 heterocycles. The summed E-state index contributed by atoms with van der Waals surface area (Å²) in [7, 11) is 0. The van der Waals surface area contributed by atoms with E-state index in [1.165, 1.54) is 11.3 Å². The monoisotopic (exact) mass is 368 g/mol. The van der Waals surface area contributed by atoms with E-state index in [0.717, 1.165) is 43.9 Å². The van der Waals surface area contributed by atoms with E-state index in [-0.39, 0.29) is 5.91 Å². The second kappa shape index (κ2) is 7.76. The zero-order valence-electron chi connectivity index (χ0n) is 14.3. The number of amides is 1. The summed E-state index contributed by atoms with van der Waals surface area (Å²) in [6.07, 6.45) is 5.66. The molecule has 0 aromatic carbocycles. The first-order valence-electron chi connectivity index (χ1n) is 8.66. The average molecular weight is 368 g/mol. The Morgan fingerprint density at radius 1 is 1.35 bits per heavy atom. The highest BCUT2D eigenvalue weighted by atomic mass is 32.1. The molecule has 1 aliphatic rings. The molecule has 4 rings (SSSR count). The third-order valence-electron chi connectivity index (χ3n) is 4.53. The maximum absolute atomic E-state index is 12.4. The number of thiazole rings is 1. The van der Waals surface area contributed by atoms with E-state index < -0.39 is 0 Å². The minimum absolute atomic E-state index is 0.216. The molecule has 3 aromatic rings. The standard InChI is InChI=1S/C18H20N6OS/c25-17(22-18-19-8-10-26-18)16-5-1-4-15(21-16)13-3-2-9-24(11-13)12-14-6-7-20-23-14/h1,4-8,10,13H,2-3,9,11-12H2,(H,20,23)(H,19,22,25)/t13-/m0/s1. The molecule has 0 radical (unpaired) electrons. The van der Waals surface area contributed by atoms with Gasteiger partial charge in [-0.05, 0) is 37.6 Å². The van der Waals surface area contributed by atoms with Crippen LogP contribution in [0.5, 0.6) is 0 Å². The van der Waals surface area contributed by atoms with Gasteiger partial charge in [0.15, 0.2) is 5.13 Å². The summed E-state index contributed by atoms with van der Waals surface area (Å²) in [4.78, 5) is 23.5. The normalized spacial score (nSPS) is 17.9. The third-order valence-corrected chi connectivity index (χ3v) is 5.22. The quantitative estimate of drug-likeness (QED) is 0.723. The molecule has 1 atom stereocenters. The summed E-state index contributed by atoms with van der Waals surface area (Å²) in [6.45, 7) is 2.87. The number of hydrogen-bond acceptors (Lipinski definition) is 6. The molecule has 2 N–H and O–H groups in total. The van der Waals surface area contributed by atoms with Crippen molar-refractivity contribution in [1.82, 2.24) is 25.1 Å². The molecule has 0 bridgehead atoms. The van der Waals surface area contributed by atoms with Gasteiger partial charge in [-0.25, -0.2) is 9.97 Å². The van der Waals surface area contributed by atoms with E-state index >= 15 is 0 Å². The van der Waals surface area contributed by atoms with Crippen molar-refractivity contribution in [3.05, 3.63) is 59.1 Å². The summed E-state index contributed by atoms with van der Waals surface area (Å²) in [5, 5.41) is 12.2. The van der Waals surface area contributed by atoms with Crippen molar-refractivity contribution in [2.24, 2.45) is 0 Å². The lowest BCUT2D eigenvalue weighted by atomic mass is 9.94. The van der Waals surface area contributed by atoms with Crippen molar-refractivity contribution < 1.29 is 4.79 Å². The highest BCUT2D eigenvalue weighted by Crippen LogP contribution is 2.26. The van der Waals surface area contributed by atoms with E-state index in [1.54, 1.807) is 18.5 Å². The third kappa shape index (κ3) is 3.97. The molecular weight excluding hydrogens is 348 g/mol. The number of aromatic amines is 1. The molecule has 1 aliphatic heterocycles. The van der Waals surface area contributed by atoms with E-state index in [9.17, 15) is 4.79 Å². The van der Waals surface area contributed by atoms with Crippen LogP contribution in [0.1, 0.15) is 40.6 Å². The van der Waals surface area contributed by atoms with Crippen molar-refractivity contribution in [2.45, 2.75) is 25.3 Å². The molecule has 0 saturated carbocycles. The van der Waals surface area contributed by atoms with Gasteiger partial charge < -0.3 is 0 Å². The molecular formula is C18H20N6OS. The number of aromatic nitrogens is 4. The number of carbonyl (C=O) groups is 1. The maximum Gasteiger partial charge on any atom is 0.276 e. The minimum Gasteiger partial charge on any atom is -0.297 e. The lowest BCUT2D eigenvalue weighted by molar-refractivity contribution is 0.102. The molecule has 7 nitrogen and oxygen atoms in total. The number of carbonyl (C=O) groups excluding carboxylic acids is 1. The summed E-state index contributed by atoms with van der Waals surface area (Å²) < 4.78 is 0. The Bertz CT molecular complexity index is 848. The Kier molecular flexibility index (Phi) is 5.03. The van der Waals surface area contributed by atoms with Crippen molar-refractivity contribution in [3.8, 4) is 0 Å². The van der Waals surface area contributed by atoms with Gasteiger partial charge in [-0.1, -0.05) is 6.07 Å². The van der Waals surface area contributed by atoms with Crippen molar-refractivity contribution in [3.63, 3.8) is 0 Å². The van der Waals surface area contributed by atoms with E-state index in [4.69, 9.17) is 0 Å². The number of pyridine rings is 1. The Labute approximate surface area is 155 Å². The highest BCUT2D eigenvalue weighted by Gasteiger charge is 2.23. The van der Waals surface area contributed by atoms with Gasteiger partial charge in [-0.3, -0.25) is 20.1 Å². The van der Waals surface area contributed by atoms with Crippen LogP contribution in [-0.4, -0.2) is 44.1 Å². The maximum atomic E-state index is 12.4. The number of hydrogen-bond donors (Lipinski definition) is 2. The second-order valence-corrected chi connectivity index (χ2v) is 7.29. The number of piperidine rings is 1. The lowest BCUT2D eigenvalue weighted by Gasteiger charge is -2.32. The fraction of sp³-hybridized carbons (Fsp3) is 0.333. The summed E-state index contributed by atoms with van der Waals surface area (Å²) in [5.74, 6) is 0.117. The SMILES string of the molecule is O=C(Nc1nccs1)c1cccc([C@H]2CCCN(Cc3ccn[nH]3)C2)n1. The molecule has 0 unspecified atom stereocenters. The molecule has 3 aromatic heterocycles. The van der Waals surface area contributed by atoms with Crippen LogP contribution in [-0.2, 0) is 6.54 Å². The van der Waals surface area contributed by atoms with E-state index in [1.807, 2.05) is 23.6 Å². The van der Waals surface area contributed by atoms with Gasteiger partial charge in [0.1, 0.15) is 5.69 Å². The van der Waals surface area contributed by atoms with Gasteiger partial charge >= 0.3 is 0 Å². The van der Waals surface area contributed by atoms with Crippen molar-refractivity contribution in [2.75, 3.05) is 18.4 Å². The Morgan fingerprint density at radius 3 is 3.12 bits per heavy atom. The van der Waals surface area contributed by atoms with Crippen LogP contribution in [0.2, 0.25) is 0 Å². The Morgan fingerprint density at radius 2 is 2.31 bits per heavy atom. The number of H-pyrrole nitrogens is 1. The van der Waals surface area contributed by atoms with Crippen molar-refractivity contribution in [1.29, 1.82) is 0 Å². The van der Waals surface area contributed by atoms with Gasteiger partial charge in [0, 0.05) is 48.2 Å². The predicted octanol–water partition coefficient (Wildman–Crippen LogP) is 2.89. The fourth-order valence-corrected chi connectivity index (χ4v) is 3.83. The molecule has 26 heavy (non-hydrogen) atoms. The zero-order valence-corrected chi connectivity index (χ0v) is 15.1. The number of nitrogens with one attached hydrogen (secondary N) is 2. The molecule has 1 amide bonds. The van der Waals surface area contributed by atoms with Crippen molar-refractivity contribution >= 4 is 22.4 Å². The van der Waals surface area contributed by atoms with Gasteiger partial charge in [-0.2, -0.15) is 5.10 Å². The van der Waals surface area contributed by atoms with Crippen LogP contribution in [0.4, 0.5) is 5.13 Å². The van der Waals surface area contributed by atoms with Gasteiger partial charge in [0.2, 0.25) is 0 Å². The van der Waals surface area contributed by atoms with Gasteiger partial charge in [0.05, 0.1) is 0 Å². The first kappa shape index (κ1) is 16.9. The van der Waals surface area contributed by atoms with Crippen LogP contribution in [0, 0.1) is 0 Å². The average Bonchev–Trinajstić information content (AvgIpc) is 3.36. The Hall–Kier alpha value is -2.58. The highest BCUT2D eigenvalue weighted by molar-refractivity contribution is 7.13. The minimum atomic E-state index is -0.216.